The number of benzene rings is 1. The van der Waals surface area contributed by atoms with Crippen LogP contribution < -0.4 is 0 Å². The van der Waals surface area contributed by atoms with E-state index in [0.717, 1.165) is 6.61 Å². The van der Waals surface area contributed by atoms with Crippen molar-refractivity contribution in [2.24, 2.45) is 0 Å². The van der Waals surface area contributed by atoms with Gasteiger partial charge in [-0.1, -0.05) is 18.2 Å². The van der Waals surface area contributed by atoms with E-state index in [9.17, 15) is 4.79 Å². The molecule has 1 saturated heterocycles. The summed E-state index contributed by atoms with van der Waals surface area (Å²) < 4.78 is 9.43. The average molecular weight is 208 g/mol. The van der Waals surface area contributed by atoms with Gasteiger partial charge in [0.25, 0.3) is 0 Å². The number of carbonyl (C=O) groups is 1. The minimum atomic E-state index is -0.291. The normalized spacial score (nSPS) is 18.1. The fraction of sp³-hybridized carbons (Fsp3) is 0.417. The third kappa shape index (κ3) is 4.13. The second kappa shape index (κ2) is 6.19. The Kier molecular flexibility index (Phi) is 4.84. The average Bonchev–Trinajstić information content (AvgIpc) is 2.27. The highest BCUT2D eigenvalue weighted by molar-refractivity contribution is 5.89. The van der Waals surface area contributed by atoms with E-state index in [1.54, 1.807) is 24.3 Å². The zero-order valence-electron chi connectivity index (χ0n) is 9.10. The second-order valence-corrected chi connectivity index (χ2v) is 3.33. The number of rotatable bonds is 1. The summed E-state index contributed by atoms with van der Waals surface area (Å²) in [5, 5.41) is 0. The third-order valence-electron chi connectivity index (χ3n) is 2.12. The van der Waals surface area contributed by atoms with Crippen molar-refractivity contribution in [2.75, 3.05) is 13.7 Å². The summed E-state index contributed by atoms with van der Waals surface area (Å²) in [7, 11) is 1.37. The molecule has 0 spiro atoms. The summed E-state index contributed by atoms with van der Waals surface area (Å²) in [6.07, 6.45) is 1.83. The lowest BCUT2D eigenvalue weighted by molar-refractivity contribution is -0.0375. The smallest absolute Gasteiger partial charge is 0.337 e. The Balaban J connectivity index is 0.000000187. The van der Waals surface area contributed by atoms with Gasteiger partial charge < -0.3 is 9.47 Å². The van der Waals surface area contributed by atoms with E-state index in [4.69, 9.17) is 4.74 Å². The quantitative estimate of drug-likeness (QED) is 0.664. The fourth-order valence-electron chi connectivity index (χ4n) is 1.05. The molecule has 0 saturated carbocycles. The molecule has 82 valence electrons. The number of esters is 1. The van der Waals surface area contributed by atoms with Gasteiger partial charge in [0.1, 0.15) is 0 Å². The highest BCUT2D eigenvalue weighted by Gasteiger charge is 2.09. The number of ether oxygens (including phenoxy) is 2. The van der Waals surface area contributed by atoms with Crippen molar-refractivity contribution in [2.45, 2.75) is 19.4 Å². The minimum Gasteiger partial charge on any atom is -0.465 e. The van der Waals surface area contributed by atoms with Gasteiger partial charge in [-0.3, -0.25) is 0 Å². The molecule has 3 heteroatoms. The molecule has 0 amide bonds. The highest BCUT2D eigenvalue weighted by atomic mass is 16.5. The Hall–Kier alpha value is -1.35. The molecular formula is C12H16O3. The Labute approximate surface area is 90.0 Å². The van der Waals surface area contributed by atoms with Crippen molar-refractivity contribution < 1.29 is 14.3 Å². The maximum absolute atomic E-state index is 10.8. The Morgan fingerprint density at radius 3 is 2.27 bits per heavy atom. The summed E-state index contributed by atoms with van der Waals surface area (Å²) in [6, 6.07) is 8.88. The van der Waals surface area contributed by atoms with Gasteiger partial charge in [-0.15, -0.1) is 0 Å². The van der Waals surface area contributed by atoms with Gasteiger partial charge in [0, 0.05) is 6.61 Å². The van der Waals surface area contributed by atoms with E-state index in [1.165, 1.54) is 13.5 Å². The summed E-state index contributed by atoms with van der Waals surface area (Å²) in [6.45, 7) is 3.07. The van der Waals surface area contributed by atoms with Crippen LogP contribution in [0.25, 0.3) is 0 Å². The molecule has 0 aromatic heterocycles. The Morgan fingerprint density at radius 2 is 1.93 bits per heavy atom. The zero-order chi connectivity index (χ0) is 11.1. The second-order valence-electron chi connectivity index (χ2n) is 3.33. The number of hydrogen-bond acceptors (Lipinski definition) is 3. The van der Waals surface area contributed by atoms with Gasteiger partial charge in [0.05, 0.1) is 18.8 Å². The van der Waals surface area contributed by atoms with E-state index in [-0.39, 0.29) is 5.97 Å². The molecule has 0 radical (unpaired) electrons. The molecule has 1 atom stereocenters. The van der Waals surface area contributed by atoms with Crippen LogP contribution in [0.1, 0.15) is 23.7 Å². The molecule has 1 aliphatic heterocycles. The first-order valence-corrected chi connectivity index (χ1v) is 4.99. The van der Waals surface area contributed by atoms with Gasteiger partial charge >= 0.3 is 5.97 Å². The summed E-state index contributed by atoms with van der Waals surface area (Å²) in [5.74, 6) is -0.291. The maximum Gasteiger partial charge on any atom is 0.337 e. The summed E-state index contributed by atoms with van der Waals surface area (Å²) in [4.78, 5) is 10.8. The van der Waals surface area contributed by atoms with Gasteiger partial charge in [0.15, 0.2) is 0 Å². The molecule has 1 aliphatic rings. The van der Waals surface area contributed by atoms with Crippen LogP contribution in [0, 0.1) is 0 Å². The molecule has 0 bridgehead atoms. The summed E-state index contributed by atoms with van der Waals surface area (Å²) >= 11 is 0. The monoisotopic (exact) mass is 208 g/mol. The SMILES string of the molecule is CC1CCO1.COC(=O)c1ccccc1. The molecule has 0 N–H and O–H groups in total. The lowest BCUT2D eigenvalue weighted by atomic mass is 10.2. The molecule has 1 aromatic rings. The highest BCUT2D eigenvalue weighted by Crippen LogP contribution is 2.07. The van der Waals surface area contributed by atoms with E-state index in [0.29, 0.717) is 11.7 Å². The Morgan fingerprint density at radius 1 is 1.40 bits per heavy atom. The largest absolute Gasteiger partial charge is 0.465 e. The van der Waals surface area contributed by atoms with Crippen molar-refractivity contribution in [3.63, 3.8) is 0 Å². The Bertz CT molecular complexity index is 291. The molecule has 1 unspecified atom stereocenters. The molecule has 1 aromatic carbocycles. The van der Waals surface area contributed by atoms with Crippen LogP contribution in [-0.2, 0) is 9.47 Å². The number of methoxy groups -OCH3 is 1. The van der Waals surface area contributed by atoms with Crippen LogP contribution >= 0.6 is 0 Å². The third-order valence-corrected chi connectivity index (χ3v) is 2.12. The van der Waals surface area contributed by atoms with Crippen LogP contribution in [0.3, 0.4) is 0 Å². The van der Waals surface area contributed by atoms with Crippen molar-refractivity contribution >= 4 is 5.97 Å². The molecule has 15 heavy (non-hydrogen) atoms. The van der Waals surface area contributed by atoms with E-state index < -0.39 is 0 Å². The van der Waals surface area contributed by atoms with Crippen molar-refractivity contribution in [1.82, 2.24) is 0 Å². The minimum absolute atomic E-state index is 0.291. The topological polar surface area (TPSA) is 35.5 Å². The van der Waals surface area contributed by atoms with Crippen molar-refractivity contribution in [1.29, 1.82) is 0 Å². The standard InChI is InChI=1S/C8H8O2.C4H8O/c1-10-8(9)7-5-3-2-4-6-7;1-4-2-3-5-4/h2-6H,1H3;4H,2-3H2,1H3. The first-order chi connectivity index (χ1) is 7.24. The van der Waals surface area contributed by atoms with Crippen molar-refractivity contribution in [3.8, 4) is 0 Å². The van der Waals surface area contributed by atoms with Gasteiger partial charge in [0.2, 0.25) is 0 Å². The van der Waals surface area contributed by atoms with Gasteiger partial charge in [-0.25, -0.2) is 4.79 Å². The maximum atomic E-state index is 10.8. The van der Waals surface area contributed by atoms with E-state index in [1.807, 2.05) is 6.07 Å². The predicted molar refractivity (Wildman–Crippen MR) is 57.8 cm³/mol. The number of carbonyl (C=O) groups excluding carboxylic acids is 1. The van der Waals surface area contributed by atoms with Crippen LogP contribution in [0.4, 0.5) is 0 Å². The first-order valence-electron chi connectivity index (χ1n) is 4.99. The lowest BCUT2D eigenvalue weighted by Crippen LogP contribution is -2.22. The van der Waals surface area contributed by atoms with E-state index in [2.05, 4.69) is 11.7 Å². The lowest BCUT2D eigenvalue weighted by Gasteiger charge is -2.20. The van der Waals surface area contributed by atoms with Crippen LogP contribution in [-0.4, -0.2) is 25.8 Å². The van der Waals surface area contributed by atoms with Crippen molar-refractivity contribution in [3.05, 3.63) is 35.9 Å². The predicted octanol–water partition coefficient (Wildman–Crippen LogP) is 2.27. The van der Waals surface area contributed by atoms with E-state index >= 15 is 0 Å². The van der Waals surface area contributed by atoms with Crippen LogP contribution in [0.2, 0.25) is 0 Å². The zero-order valence-corrected chi connectivity index (χ0v) is 9.10. The molecule has 3 nitrogen and oxygen atoms in total. The first kappa shape index (κ1) is 11.7. The fourth-order valence-corrected chi connectivity index (χ4v) is 1.05. The van der Waals surface area contributed by atoms with Crippen LogP contribution in [0.5, 0.6) is 0 Å². The van der Waals surface area contributed by atoms with Crippen LogP contribution in [0.15, 0.2) is 30.3 Å². The number of hydrogen-bond donors (Lipinski definition) is 0. The van der Waals surface area contributed by atoms with Gasteiger partial charge in [-0.2, -0.15) is 0 Å². The van der Waals surface area contributed by atoms with Gasteiger partial charge in [-0.05, 0) is 25.5 Å². The molecular weight excluding hydrogens is 192 g/mol. The summed E-state index contributed by atoms with van der Waals surface area (Å²) in [5.41, 5.74) is 0.588. The molecule has 1 fully saturated rings. The molecule has 2 rings (SSSR count). The molecule has 1 heterocycles. The molecule has 0 aliphatic carbocycles.